The molecule has 0 spiro atoms. The lowest BCUT2D eigenvalue weighted by Gasteiger charge is -2.16. The van der Waals surface area contributed by atoms with Crippen LogP contribution in [0.1, 0.15) is 39.5 Å². The van der Waals surface area contributed by atoms with Gasteiger partial charge in [-0.15, -0.1) is 0 Å². The van der Waals surface area contributed by atoms with Crippen LogP contribution in [0.25, 0.3) is 0 Å². The third-order valence-electron chi connectivity index (χ3n) is 3.46. The molecule has 2 heterocycles. The van der Waals surface area contributed by atoms with E-state index in [1.807, 2.05) is 11.8 Å². The minimum atomic E-state index is 0.0301. The molecule has 0 aliphatic carbocycles. The fraction of sp³-hybridized carbons (Fsp3) is 0.917. The molecule has 2 aliphatic rings. The van der Waals surface area contributed by atoms with E-state index in [9.17, 15) is 4.79 Å². The Morgan fingerprint density at radius 2 is 2.19 bits per heavy atom. The van der Waals surface area contributed by atoms with Gasteiger partial charge in [-0.2, -0.15) is 11.8 Å². The summed E-state index contributed by atoms with van der Waals surface area (Å²) in [5.41, 5.74) is 0. The summed E-state index contributed by atoms with van der Waals surface area (Å²) in [6.45, 7) is 4.56. The van der Waals surface area contributed by atoms with Crippen molar-refractivity contribution >= 4 is 17.8 Å². The van der Waals surface area contributed by atoms with Crippen LogP contribution in [0.2, 0.25) is 0 Å². The monoisotopic (exact) mass is 242 g/mol. The lowest BCUT2D eigenvalue weighted by Crippen LogP contribution is -2.36. The lowest BCUT2D eigenvalue weighted by molar-refractivity contribution is 0.247. The number of thioether (sulfide) groups is 1. The van der Waals surface area contributed by atoms with Crippen molar-refractivity contribution in [2.24, 2.45) is 5.92 Å². The normalized spacial score (nSPS) is 32.7. The molecule has 3 atom stereocenters. The molecule has 0 bridgehead atoms. The molecule has 2 saturated heterocycles. The van der Waals surface area contributed by atoms with Crippen LogP contribution in [0.3, 0.4) is 0 Å². The molecular weight excluding hydrogens is 220 g/mol. The Morgan fingerprint density at radius 1 is 1.38 bits per heavy atom. The van der Waals surface area contributed by atoms with Crippen molar-refractivity contribution in [1.29, 1.82) is 0 Å². The van der Waals surface area contributed by atoms with Crippen LogP contribution >= 0.6 is 11.8 Å². The molecule has 2 fully saturated rings. The molecule has 4 heteroatoms. The first-order valence-corrected chi connectivity index (χ1v) is 7.40. The van der Waals surface area contributed by atoms with Gasteiger partial charge in [0.1, 0.15) is 0 Å². The van der Waals surface area contributed by atoms with E-state index in [2.05, 4.69) is 24.5 Å². The Morgan fingerprint density at radius 3 is 2.94 bits per heavy atom. The number of amides is 2. The highest BCUT2D eigenvalue weighted by molar-refractivity contribution is 8.00. The molecule has 0 radical (unpaired) electrons. The highest BCUT2D eigenvalue weighted by Crippen LogP contribution is 2.33. The number of urea groups is 1. The van der Waals surface area contributed by atoms with Crippen molar-refractivity contribution in [1.82, 2.24) is 10.6 Å². The maximum absolute atomic E-state index is 11.2. The van der Waals surface area contributed by atoms with Crippen molar-refractivity contribution in [3.8, 4) is 0 Å². The summed E-state index contributed by atoms with van der Waals surface area (Å²) in [4.78, 5) is 11.2. The summed E-state index contributed by atoms with van der Waals surface area (Å²) < 4.78 is 0. The standard InChI is InChI=1S/C12H22N2OS/c1-8(2)5-3-4-6-10-11-9(7-16-10)13-12(15)14-11/h8-11H,3-7H2,1-2H3,(H2,13,14,15)/t9-,10-,11-/m0/s1. The highest BCUT2D eigenvalue weighted by atomic mass is 32.2. The van der Waals surface area contributed by atoms with Crippen LogP contribution in [-0.4, -0.2) is 29.1 Å². The first kappa shape index (κ1) is 12.1. The van der Waals surface area contributed by atoms with Gasteiger partial charge in [-0.05, 0) is 12.3 Å². The zero-order chi connectivity index (χ0) is 11.5. The maximum Gasteiger partial charge on any atom is 0.315 e. The number of carbonyl (C=O) groups is 1. The van der Waals surface area contributed by atoms with Crippen LogP contribution in [0.15, 0.2) is 0 Å². The molecule has 0 aromatic heterocycles. The van der Waals surface area contributed by atoms with Crippen LogP contribution in [0.5, 0.6) is 0 Å². The average molecular weight is 242 g/mol. The summed E-state index contributed by atoms with van der Waals surface area (Å²) in [6, 6.07) is 0.798. The van der Waals surface area contributed by atoms with Gasteiger partial charge in [0.15, 0.2) is 0 Å². The van der Waals surface area contributed by atoms with E-state index >= 15 is 0 Å². The van der Waals surface area contributed by atoms with E-state index < -0.39 is 0 Å². The quantitative estimate of drug-likeness (QED) is 0.574. The second-order valence-electron chi connectivity index (χ2n) is 5.30. The molecule has 3 nitrogen and oxygen atoms in total. The van der Waals surface area contributed by atoms with Crippen LogP contribution in [-0.2, 0) is 0 Å². The van der Waals surface area contributed by atoms with Crippen LogP contribution < -0.4 is 10.6 Å². The molecular formula is C12H22N2OS. The second kappa shape index (κ2) is 5.30. The number of nitrogens with one attached hydrogen (secondary N) is 2. The Hall–Kier alpha value is -0.380. The fourth-order valence-corrected chi connectivity index (χ4v) is 4.08. The maximum atomic E-state index is 11.2. The van der Waals surface area contributed by atoms with Gasteiger partial charge in [-0.1, -0.05) is 33.1 Å². The van der Waals surface area contributed by atoms with Gasteiger partial charge in [0, 0.05) is 11.0 Å². The Kier molecular flexibility index (Phi) is 4.00. The Balaban J connectivity index is 1.68. The van der Waals surface area contributed by atoms with Crippen molar-refractivity contribution in [3.05, 3.63) is 0 Å². The third kappa shape index (κ3) is 2.84. The Bertz CT molecular complexity index is 257. The van der Waals surface area contributed by atoms with Gasteiger partial charge < -0.3 is 10.6 Å². The van der Waals surface area contributed by atoms with Crippen molar-refractivity contribution in [2.75, 3.05) is 5.75 Å². The van der Waals surface area contributed by atoms with Gasteiger partial charge in [-0.3, -0.25) is 0 Å². The molecule has 0 aromatic carbocycles. The predicted octanol–water partition coefficient (Wildman–Crippen LogP) is 2.37. The molecule has 2 aliphatic heterocycles. The molecule has 0 unspecified atom stereocenters. The van der Waals surface area contributed by atoms with Gasteiger partial charge in [-0.25, -0.2) is 4.79 Å². The van der Waals surface area contributed by atoms with E-state index in [0.29, 0.717) is 17.3 Å². The molecule has 2 amide bonds. The second-order valence-corrected chi connectivity index (χ2v) is 6.57. The van der Waals surface area contributed by atoms with Crippen molar-refractivity contribution in [2.45, 2.75) is 56.9 Å². The van der Waals surface area contributed by atoms with Crippen LogP contribution in [0.4, 0.5) is 4.79 Å². The molecule has 2 N–H and O–H groups in total. The Labute approximate surface area is 102 Å². The molecule has 16 heavy (non-hydrogen) atoms. The largest absolute Gasteiger partial charge is 0.332 e. The van der Waals surface area contributed by atoms with Crippen molar-refractivity contribution < 1.29 is 4.79 Å². The lowest BCUT2D eigenvalue weighted by atomic mass is 10.0. The number of rotatable bonds is 5. The summed E-state index contributed by atoms with van der Waals surface area (Å²) >= 11 is 2.02. The van der Waals surface area contributed by atoms with Gasteiger partial charge >= 0.3 is 6.03 Å². The fourth-order valence-electron chi connectivity index (χ4n) is 2.54. The first-order chi connectivity index (χ1) is 7.66. The average Bonchev–Trinajstić information content (AvgIpc) is 2.72. The summed E-state index contributed by atoms with van der Waals surface area (Å²) in [6.07, 6.45) is 5.21. The number of unbranched alkanes of at least 4 members (excludes halogenated alkanes) is 1. The topological polar surface area (TPSA) is 41.1 Å². The highest BCUT2D eigenvalue weighted by Gasteiger charge is 2.42. The minimum Gasteiger partial charge on any atom is -0.332 e. The SMILES string of the molecule is CC(C)CCCC[C@@H]1SC[C@@H]2NC(=O)N[C@@H]21. The number of carbonyl (C=O) groups excluding carboxylic acids is 1. The molecule has 0 aromatic rings. The zero-order valence-corrected chi connectivity index (χ0v) is 11.0. The van der Waals surface area contributed by atoms with E-state index in [1.54, 1.807) is 0 Å². The van der Waals surface area contributed by atoms with Gasteiger partial charge in [0.2, 0.25) is 0 Å². The zero-order valence-electron chi connectivity index (χ0n) is 10.2. The summed E-state index contributed by atoms with van der Waals surface area (Å²) in [5.74, 6) is 1.90. The van der Waals surface area contributed by atoms with E-state index in [4.69, 9.17) is 0 Å². The number of hydrogen-bond acceptors (Lipinski definition) is 2. The third-order valence-corrected chi connectivity index (χ3v) is 4.97. The van der Waals surface area contributed by atoms with E-state index in [0.717, 1.165) is 11.7 Å². The van der Waals surface area contributed by atoms with Gasteiger partial charge in [0.05, 0.1) is 12.1 Å². The smallest absolute Gasteiger partial charge is 0.315 e. The summed E-state index contributed by atoms with van der Waals surface area (Å²) in [7, 11) is 0. The summed E-state index contributed by atoms with van der Waals surface area (Å²) in [5, 5.41) is 6.66. The predicted molar refractivity (Wildman–Crippen MR) is 68.8 cm³/mol. The van der Waals surface area contributed by atoms with E-state index in [-0.39, 0.29) is 6.03 Å². The van der Waals surface area contributed by atoms with Crippen LogP contribution in [0, 0.1) is 5.92 Å². The van der Waals surface area contributed by atoms with Crippen molar-refractivity contribution in [3.63, 3.8) is 0 Å². The van der Waals surface area contributed by atoms with E-state index in [1.165, 1.54) is 25.7 Å². The first-order valence-electron chi connectivity index (χ1n) is 6.35. The number of fused-ring (bicyclic) bond motifs is 1. The molecule has 2 rings (SSSR count). The minimum absolute atomic E-state index is 0.0301. The number of hydrogen-bond donors (Lipinski definition) is 2. The molecule has 92 valence electrons. The van der Waals surface area contributed by atoms with Gasteiger partial charge in [0.25, 0.3) is 0 Å². The molecule has 0 saturated carbocycles.